The van der Waals surface area contributed by atoms with E-state index in [1.165, 1.54) is 15.9 Å². The van der Waals surface area contributed by atoms with Crippen LogP contribution in [0, 0.1) is 12.7 Å². The van der Waals surface area contributed by atoms with Gasteiger partial charge in [0.05, 0.1) is 6.54 Å². The van der Waals surface area contributed by atoms with Crippen LogP contribution in [0.2, 0.25) is 0 Å². The molecule has 0 bridgehead atoms. The second kappa shape index (κ2) is 7.50. The van der Waals surface area contributed by atoms with Gasteiger partial charge < -0.3 is 4.57 Å². The molecule has 1 aromatic heterocycles. The molecule has 0 atom stereocenters. The summed E-state index contributed by atoms with van der Waals surface area (Å²) in [6.45, 7) is 2.25. The van der Waals surface area contributed by atoms with E-state index in [0.717, 1.165) is 22.2 Å². The third-order valence-corrected chi connectivity index (χ3v) is 6.05. The molecule has 0 unspecified atom stereocenters. The molecule has 0 N–H and O–H groups in total. The van der Waals surface area contributed by atoms with E-state index in [0.29, 0.717) is 12.1 Å². The van der Waals surface area contributed by atoms with Gasteiger partial charge in [-0.3, -0.25) is 19.4 Å². The normalized spacial score (nSPS) is 14.8. The Morgan fingerprint density at radius 3 is 2.23 bits per heavy atom. The van der Waals surface area contributed by atoms with Crippen LogP contribution in [0.1, 0.15) is 16.8 Å². The highest BCUT2D eigenvalue weighted by Crippen LogP contribution is 2.30. The number of benzene rings is 2. The van der Waals surface area contributed by atoms with Gasteiger partial charge in [0.2, 0.25) is 0 Å². The summed E-state index contributed by atoms with van der Waals surface area (Å²) < 4.78 is 16.3. The van der Waals surface area contributed by atoms with Crippen molar-refractivity contribution in [2.75, 3.05) is 14.1 Å². The van der Waals surface area contributed by atoms with Crippen LogP contribution in [0.15, 0.2) is 54.1 Å². The van der Waals surface area contributed by atoms with E-state index in [1.54, 1.807) is 38.4 Å². The zero-order chi connectivity index (χ0) is 21.6. The molecule has 30 heavy (non-hydrogen) atoms. The number of aromatic nitrogens is 1. The number of hydrogen-bond acceptors (Lipinski definition) is 3. The topological polar surface area (TPSA) is 45.6 Å². The summed E-state index contributed by atoms with van der Waals surface area (Å²) in [7, 11) is 3.10. The minimum absolute atomic E-state index is 0.0468. The lowest BCUT2D eigenvalue weighted by Crippen LogP contribution is -2.52. The van der Waals surface area contributed by atoms with Crippen LogP contribution < -0.4 is 0 Å². The van der Waals surface area contributed by atoms with Gasteiger partial charge in [0.25, 0.3) is 11.8 Å². The molecule has 152 valence electrons. The van der Waals surface area contributed by atoms with E-state index in [2.05, 4.69) is 0 Å². The van der Waals surface area contributed by atoms with Crippen LogP contribution in [-0.4, -0.2) is 45.4 Å². The molecule has 7 heteroatoms. The molecule has 1 fully saturated rings. The molecular formula is C23H20FN3O2S. The molecule has 5 nitrogen and oxygen atoms in total. The molecule has 4 rings (SSSR count). The Balaban J connectivity index is 1.89. The highest BCUT2D eigenvalue weighted by Gasteiger charge is 2.35. The first kappa shape index (κ1) is 20.0. The number of fused-ring (bicyclic) bond motifs is 1. The smallest absolute Gasteiger partial charge is 0.265 e. The number of rotatable bonds is 3. The largest absolute Gasteiger partial charge is 0.340 e. The van der Waals surface area contributed by atoms with E-state index < -0.39 is 11.8 Å². The lowest BCUT2D eigenvalue weighted by Gasteiger charge is -2.31. The fourth-order valence-corrected chi connectivity index (χ4v) is 3.93. The molecule has 0 spiro atoms. The molecule has 1 saturated heterocycles. The van der Waals surface area contributed by atoms with Crippen molar-refractivity contribution >= 4 is 46.1 Å². The maximum absolute atomic E-state index is 14.3. The minimum atomic E-state index is -0.437. The van der Waals surface area contributed by atoms with Crippen molar-refractivity contribution in [3.8, 4) is 0 Å². The Morgan fingerprint density at radius 2 is 1.57 bits per heavy atom. The third-order valence-electron chi connectivity index (χ3n) is 5.50. The first-order valence-electron chi connectivity index (χ1n) is 9.44. The molecule has 2 amide bonds. The van der Waals surface area contributed by atoms with E-state index >= 15 is 0 Å². The highest BCUT2D eigenvalue weighted by molar-refractivity contribution is 7.80. The summed E-state index contributed by atoms with van der Waals surface area (Å²) in [5.74, 6) is -1.15. The van der Waals surface area contributed by atoms with E-state index in [4.69, 9.17) is 12.2 Å². The minimum Gasteiger partial charge on any atom is -0.340 e. The van der Waals surface area contributed by atoms with Gasteiger partial charge in [-0.1, -0.05) is 36.4 Å². The van der Waals surface area contributed by atoms with Gasteiger partial charge in [0.1, 0.15) is 11.4 Å². The Kier molecular flexibility index (Phi) is 4.99. The third kappa shape index (κ3) is 3.11. The fraction of sp³-hybridized carbons (Fsp3) is 0.174. The number of nitrogens with zero attached hydrogens (tertiary/aromatic N) is 3. The van der Waals surface area contributed by atoms with Crippen LogP contribution in [-0.2, 0) is 16.1 Å². The van der Waals surface area contributed by atoms with Crippen molar-refractivity contribution in [3.05, 3.63) is 76.7 Å². The summed E-state index contributed by atoms with van der Waals surface area (Å²) in [5, 5.41) is 1.05. The maximum Gasteiger partial charge on any atom is 0.265 e. The van der Waals surface area contributed by atoms with Crippen molar-refractivity contribution < 1.29 is 14.0 Å². The summed E-state index contributed by atoms with van der Waals surface area (Å²) in [6.07, 6.45) is 1.62. The second-order valence-electron chi connectivity index (χ2n) is 7.26. The quantitative estimate of drug-likeness (QED) is 0.368. The Bertz CT molecular complexity index is 1220. The van der Waals surface area contributed by atoms with Crippen molar-refractivity contribution in [2.24, 2.45) is 0 Å². The SMILES string of the molecule is Cc1c(C=C2C(=O)N(C)C(=S)N(C)C2=O)c2ccccc2n1Cc1ccccc1F. The van der Waals surface area contributed by atoms with Crippen LogP contribution in [0.5, 0.6) is 0 Å². The van der Waals surface area contributed by atoms with Gasteiger partial charge in [-0.25, -0.2) is 4.39 Å². The number of carbonyl (C=O) groups excluding carboxylic acids is 2. The molecule has 2 aromatic carbocycles. The Morgan fingerprint density at radius 1 is 0.967 bits per heavy atom. The molecule has 1 aliphatic rings. The fourth-order valence-electron chi connectivity index (χ4n) is 3.76. The first-order chi connectivity index (χ1) is 14.3. The number of thiocarbonyl (C=S) groups is 1. The average Bonchev–Trinajstić information content (AvgIpc) is 3.01. The van der Waals surface area contributed by atoms with Crippen molar-refractivity contribution in [3.63, 3.8) is 0 Å². The molecular weight excluding hydrogens is 401 g/mol. The number of para-hydroxylation sites is 1. The standard InChI is InChI=1S/C23H20FN3O2S/c1-14-17(12-18-21(28)25(2)23(30)26(3)22(18)29)16-9-5-7-11-20(16)27(14)13-15-8-4-6-10-19(15)24/h4-12H,13H2,1-3H3. The van der Waals surface area contributed by atoms with E-state index in [9.17, 15) is 14.0 Å². The van der Waals surface area contributed by atoms with Crippen molar-refractivity contribution in [1.82, 2.24) is 14.4 Å². The highest BCUT2D eigenvalue weighted by atomic mass is 32.1. The number of carbonyl (C=O) groups is 2. The Labute approximate surface area is 179 Å². The van der Waals surface area contributed by atoms with E-state index in [1.807, 2.05) is 35.8 Å². The van der Waals surface area contributed by atoms with Crippen molar-refractivity contribution in [1.29, 1.82) is 0 Å². The van der Waals surface area contributed by atoms with Gasteiger partial charge in [-0.15, -0.1) is 0 Å². The van der Waals surface area contributed by atoms with Gasteiger partial charge >= 0.3 is 0 Å². The predicted octanol–water partition coefficient (Wildman–Crippen LogP) is 3.74. The summed E-state index contributed by atoms with van der Waals surface area (Å²) >= 11 is 5.16. The monoisotopic (exact) mass is 421 g/mol. The summed E-state index contributed by atoms with van der Waals surface area (Å²) in [5.41, 5.74) is 3.11. The van der Waals surface area contributed by atoms with Crippen molar-refractivity contribution in [2.45, 2.75) is 13.5 Å². The number of hydrogen-bond donors (Lipinski definition) is 0. The number of likely N-dealkylation sites (N-methyl/N-ethyl adjacent to an activating group) is 2. The molecule has 3 aromatic rings. The number of amides is 2. The maximum atomic E-state index is 14.3. The van der Waals surface area contributed by atoms with Gasteiger partial charge in [-0.05, 0) is 37.4 Å². The second-order valence-corrected chi connectivity index (χ2v) is 7.63. The number of halogens is 1. The zero-order valence-electron chi connectivity index (χ0n) is 16.8. The lowest BCUT2D eigenvalue weighted by molar-refractivity contribution is -0.132. The molecule has 0 aliphatic carbocycles. The summed E-state index contributed by atoms with van der Waals surface area (Å²) in [6, 6.07) is 14.3. The first-order valence-corrected chi connectivity index (χ1v) is 9.85. The average molecular weight is 421 g/mol. The van der Waals surface area contributed by atoms with Gasteiger partial charge in [0, 0.05) is 41.8 Å². The van der Waals surface area contributed by atoms with E-state index in [-0.39, 0.29) is 16.5 Å². The summed E-state index contributed by atoms with van der Waals surface area (Å²) in [4.78, 5) is 28.1. The van der Waals surface area contributed by atoms with Gasteiger partial charge in [-0.2, -0.15) is 0 Å². The Hall–Kier alpha value is -3.32. The molecule has 1 aliphatic heterocycles. The molecule has 2 heterocycles. The predicted molar refractivity (Wildman–Crippen MR) is 118 cm³/mol. The molecule has 0 saturated carbocycles. The molecule has 0 radical (unpaired) electrons. The van der Waals surface area contributed by atoms with Crippen LogP contribution >= 0.6 is 12.2 Å². The zero-order valence-corrected chi connectivity index (χ0v) is 17.7. The van der Waals surface area contributed by atoms with Crippen LogP contribution in [0.25, 0.3) is 17.0 Å². The van der Waals surface area contributed by atoms with Crippen LogP contribution in [0.3, 0.4) is 0 Å². The van der Waals surface area contributed by atoms with Gasteiger partial charge in [0.15, 0.2) is 5.11 Å². The lowest BCUT2D eigenvalue weighted by atomic mass is 10.0. The van der Waals surface area contributed by atoms with Crippen LogP contribution in [0.4, 0.5) is 4.39 Å².